The number of anilines is 1. The van der Waals surface area contributed by atoms with E-state index in [1.165, 1.54) is 6.20 Å². The highest BCUT2D eigenvalue weighted by Gasteiger charge is 2.36. The topological polar surface area (TPSA) is 65.6 Å². The Morgan fingerprint density at radius 3 is 2.64 bits per heavy atom. The normalized spacial score (nSPS) is 17.8. The average molecular weight is 397 g/mol. The van der Waals surface area contributed by atoms with Gasteiger partial charge in [0.2, 0.25) is 5.95 Å². The van der Waals surface area contributed by atoms with Crippen molar-refractivity contribution in [2.75, 3.05) is 18.4 Å². The van der Waals surface area contributed by atoms with E-state index >= 15 is 0 Å². The van der Waals surface area contributed by atoms with Gasteiger partial charge in [-0.2, -0.15) is 13.2 Å². The molecular formula is C18H16F5N5. The number of H-pyrrole nitrogens is 1. The van der Waals surface area contributed by atoms with Crippen LogP contribution >= 0.6 is 0 Å². The molecule has 0 radical (unpaired) electrons. The fourth-order valence-electron chi connectivity index (χ4n) is 3.33. The fraction of sp³-hybridized carbons (Fsp3) is 0.333. The molecule has 28 heavy (non-hydrogen) atoms. The lowest BCUT2D eigenvalue weighted by Gasteiger charge is -2.24. The molecule has 1 aliphatic heterocycles. The summed E-state index contributed by atoms with van der Waals surface area (Å²) in [5, 5.41) is 6.33. The van der Waals surface area contributed by atoms with E-state index in [0.29, 0.717) is 12.7 Å². The molecule has 3 aromatic rings. The van der Waals surface area contributed by atoms with Crippen molar-refractivity contribution in [1.29, 1.82) is 0 Å². The zero-order valence-electron chi connectivity index (χ0n) is 14.5. The molecule has 0 amide bonds. The van der Waals surface area contributed by atoms with Crippen molar-refractivity contribution in [2.45, 2.75) is 25.1 Å². The maximum atomic E-state index is 13.7. The van der Waals surface area contributed by atoms with E-state index in [1.807, 2.05) is 0 Å². The maximum absolute atomic E-state index is 13.7. The summed E-state index contributed by atoms with van der Waals surface area (Å²) in [6.07, 6.45) is -0.974. The van der Waals surface area contributed by atoms with Gasteiger partial charge < -0.3 is 15.6 Å². The van der Waals surface area contributed by atoms with Crippen LogP contribution in [0, 0.1) is 11.6 Å². The Kier molecular flexibility index (Phi) is 4.66. The van der Waals surface area contributed by atoms with E-state index in [9.17, 15) is 22.0 Å². The van der Waals surface area contributed by atoms with Gasteiger partial charge in [-0.05, 0) is 25.5 Å². The third-order valence-corrected chi connectivity index (χ3v) is 4.70. The Morgan fingerprint density at radius 2 is 1.93 bits per heavy atom. The lowest BCUT2D eigenvalue weighted by atomic mass is 10.1. The van der Waals surface area contributed by atoms with Crippen LogP contribution < -0.4 is 10.6 Å². The summed E-state index contributed by atoms with van der Waals surface area (Å²) in [4.78, 5) is 10.5. The van der Waals surface area contributed by atoms with E-state index in [4.69, 9.17) is 0 Å². The van der Waals surface area contributed by atoms with Crippen LogP contribution in [-0.2, 0) is 6.18 Å². The maximum Gasteiger partial charge on any atom is 0.419 e. The molecule has 1 aliphatic rings. The van der Waals surface area contributed by atoms with Crippen LogP contribution in [0.2, 0.25) is 0 Å². The van der Waals surface area contributed by atoms with Crippen molar-refractivity contribution in [3.05, 3.63) is 41.7 Å². The molecule has 0 aliphatic carbocycles. The molecule has 3 N–H and O–H groups in total. The second kappa shape index (κ2) is 7.01. The molecule has 0 unspecified atom stereocenters. The molecule has 1 fully saturated rings. The summed E-state index contributed by atoms with van der Waals surface area (Å²) >= 11 is 0. The third-order valence-electron chi connectivity index (χ3n) is 4.70. The molecule has 1 aromatic carbocycles. The standard InChI is InChI=1S/C18H16F5N5/c19-13-4-10-11(7-25-15(10)5-14(13)20)16-12(18(21,22)23)8-26-17(28-16)27-9-2-1-3-24-6-9/h4-5,7-9,24-25H,1-3,6H2,(H,26,27,28)/t9-/m0/s1. The zero-order chi connectivity index (χ0) is 19.9. The first-order valence-corrected chi connectivity index (χ1v) is 8.71. The first-order chi connectivity index (χ1) is 13.3. The molecule has 2 aromatic heterocycles. The number of nitrogens with one attached hydrogen (secondary N) is 3. The minimum Gasteiger partial charge on any atom is -0.360 e. The second-order valence-corrected chi connectivity index (χ2v) is 6.66. The van der Waals surface area contributed by atoms with Crippen LogP contribution in [-0.4, -0.2) is 34.1 Å². The van der Waals surface area contributed by atoms with Crippen LogP contribution in [0.4, 0.5) is 27.9 Å². The number of halogens is 5. The van der Waals surface area contributed by atoms with E-state index in [0.717, 1.165) is 31.5 Å². The molecule has 0 bridgehead atoms. The quantitative estimate of drug-likeness (QED) is 0.583. The summed E-state index contributed by atoms with van der Waals surface area (Å²) in [7, 11) is 0. The van der Waals surface area contributed by atoms with Crippen LogP contribution in [0.15, 0.2) is 24.5 Å². The van der Waals surface area contributed by atoms with Crippen molar-refractivity contribution in [3.8, 4) is 11.3 Å². The number of hydrogen-bond acceptors (Lipinski definition) is 4. The number of piperidine rings is 1. The predicted octanol–water partition coefficient (Wildman–Crippen LogP) is 4.09. The average Bonchev–Trinajstić information content (AvgIpc) is 3.04. The van der Waals surface area contributed by atoms with E-state index in [1.54, 1.807) is 0 Å². The first-order valence-electron chi connectivity index (χ1n) is 8.71. The van der Waals surface area contributed by atoms with Crippen LogP contribution in [0.5, 0.6) is 0 Å². The number of benzene rings is 1. The van der Waals surface area contributed by atoms with Gasteiger partial charge in [0.05, 0.1) is 5.69 Å². The van der Waals surface area contributed by atoms with Crippen molar-refractivity contribution in [3.63, 3.8) is 0 Å². The Hall–Kier alpha value is -2.75. The van der Waals surface area contributed by atoms with Gasteiger partial charge in [-0.1, -0.05) is 0 Å². The Bertz CT molecular complexity index is 1010. The largest absolute Gasteiger partial charge is 0.419 e. The predicted molar refractivity (Wildman–Crippen MR) is 93.8 cm³/mol. The van der Waals surface area contributed by atoms with Crippen LogP contribution in [0.3, 0.4) is 0 Å². The number of aromatic nitrogens is 3. The molecule has 4 rings (SSSR count). The smallest absolute Gasteiger partial charge is 0.360 e. The molecule has 148 valence electrons. The highest BCUT2D eigenvalue weighted by Crippen LogP contribution is 2.39. The van der Waals surface area contributed by atoms with Crippen molar-refractivity contribution in [1.82, 2.24) is 20.3 Å². The monoisotopic (exact) mass is 397 g/mol. The second-order valence-electron chi connectivity index (χ2n) is 6.66. The molecule has 10 heteroatoms. The van der Waals surface area contributed by atoms with E-state index in [-0.39, 0.29) is 28.5 Å². The molecule has 1 atom stereocenters. The van der Waals surface area contributed by atoms with E-state index < -0.39 is 29.1 Å². The first kappa shape index (κ1) is 18.6. The SMILES string of the molecule is Fc1cc2[nH]cc(-c3nc(N[C@H]4CCCNC4)ncc3C(F)(F)F)c2cc1F. The molecule has 0 saturated carbocycles. The van der Waals surface area contributed by atoms with Crippen molar-refractivity contribution in [2.24, 2.45) is 0 Å². The number of fused-ring (bicyclic) bond motifs is 1. The highest BCUT2D eigenvalue weighted by atomic mass is 19.4. The van der Waals surface area contributed by atoms with Gasteiger partial charge in [0.1, 0.15) is 5.56 Å². The number of nitrogens with zero attached hydrogens (tertiary/aromatic N) is 2. The van der Waals surface area contributed by atoms with Crippen molar-refractivity contribution >= 4 is 16.9 Å². The lowest BCUT2D eigenvalue weighted by Crippen LogP contribution is -2.38. The third kappa shape index (κ3) is 3.51. The van der Waals surface area contributed by atoms with Gasteiger partial charge in [0.15, 0.2) is 11.6 Å². The van der Waals surface area contributed by atoms with Gasteiger partial charge in [0.25, 0.3) is 0 Å². The van der Waals surface area contributed by atoms with Gasteiger partial charge in [-0.3, -0.25) is 0 Å². The molecule has 5 nitrogen and oxygen atoms in total. The molecule has 3 heterocycles. The zero-order valence-corrected chi connectivity index (χ0v) is 14.5. The summed E-state index contributed by atoms with van der Waals surface area (Å²) < 4.78 is 67.7. The van der Waals surface area contributed by atoms with E-state index in [2.05, 4.69) is 25.6 Å². The number of rotatable bonds is 3. The van der Waals surface area contributed by atoms with Crippen LogP contribution in [0.1, 0.15) is 18.4 Å². The Morgan fingerprint density at radius 1 is 1.14 bits per heavy atom. The van der Waals surface area contributed by atoms with Gasteiger partial charge >= 0.3 is 6.18 Å². The summed E-state index contributed by atoms with van der Waals surface area (Å²) in [6.45, 7) is 1.53. The van der Waals surface area contributed by atoms with Gasteiger partial charge in [0, 0.05) is 47.5 Å². The number of aromatic amines is 1. The van der Waals surface area contributed by atoms with Crippen LogP contribution in [0.25, 0.3) is 22.2 Å². The van der Waals surface area contributed by atoms with Gasteiger partial charge in [-0.15, -0.1) is 0 Å². The summed E-state index contributed by atoms with van der Waals surface area (Å²) in [5.74, 6) is -2.19. The van der Waals surface area contributed by atoms with Crippen molar-refractivity contribution < 1.29 is 22.0 Å². The fourth-order valence-corrected chi connectivity index (χ4v) is 3.33. The number of alkyl halides is 3. The molecule has 1 saturated heterocycles. The molecule has 0 spiro atoms. The minimum atomic E-state index is -4.71. The highest BCUT2D eigenvalue weighted by molar-refractivity contribution is 5.95. The Balaban J connectivity index is 1.81. The number of hydrogen-bond donors (Lipinski definition) is 3. The minimum absolute atomic E-state index is 0.00662. The summed E-state index contributed by atoms with van der Waals surface area (Å²) in [5.41, 5.74) is -1.25. The molecular weight excluding hydrogens is 381 g/mol. The summed E-state index contributed by atoms with van der Waals surface area (Å²) in [6, 6.07) is 1.75. The van der Waals surface area contributed by atoms with Gasteiger partial charge in [-0.25, -0.2) is 18.7 Å². The Labute approximate surface area is 156 Å². The lowest BCUT2D eigenvalue weighted by molar-refractivity contribution is -0.137.